The van der Waals surface area contributed by atoms with Gasteiger partial charge in [0.15, 0.2) is 5.82 Å². The van der Waals surface area contributed by atoms with E-state index >= 15 is 0 Å². The minimum absolute atomic E-state index is 0.175. The van der Waals surface area contributed by atoms with Gasteiger partial charge in [-0.3, -0.25) is 10.4 Å². The van der Waals surface area contributed by atoms with Crippen LogP contribution in [0.3, 0.4) is 0 Å². The lowest BCUT2D eigenvalue weighted by atomic mass is 10.1. The van der Waals surface area contributed by atoms with Crippen LogP contribution in [0.4, 0.5) is 16.6 Å². The highest BCUT2D eigenvalue weighted by Crippen LogP contribution is 2.17. The number of carbonyl (C=O) groups is 1. The normalized spacial score (nSPS) is 10.4. The minimum atomic E-state index is -0.331. The largest absolute Gasteiger partial charge is 0.368 e. The summed E-state index contributed by atoms with van der Waals surface area (Å²) in [6.07, 6.45) is 2.52. The molecule has 2 amide bonds. The number of carbonyl (C=O) groups excluding carboxylic acids is 1. The van der Waals surface area contributed by atoms with E-state index in [0.717, 1.165) is 12.0 Å². The Bertz CT molecular complexity index is 875. The van der Waals surface area contributed by atoms with E-state index in [-0.39, 0.29) is 12.0 Å². The summed E-state index contributed by atoms with van der Waals surface area (Å²) in [5.74, 6) is 0.570. The third kappa shape index (κ3) is 4.31. The Balaban J connectivity index is 1.58. The Morgan fingerprint density at radius 3 is 2.88 bits per heavy atom. The van der Waals surface area contributed by atoms with Crippen LogP contribution in [-0.2, 0) is 13.0 Å². The molecule has 0 aliphatic carbocycles. The average molecular weight is 337 g/mol. The third-order valence-corrected chi connectivity index (χ3v) is 3.62. The molecule has 2 heterocycles. The number of hydrogen-bond acceptors (Lipinski definition) is 5. The van der Waals surface area contributed by atoms with Gasteiger partial charge < -0.3 is 11.1 Å². The number of H-pyrrole nitrogens is 1. The number of nitrogens with zero attached hydrogens (tertiary/aromatic N) is 3. The summed E-state index contributed by atoms with van der Waals surface area (Å²) >= 11 is 0. The first-order valence-corrected chi connectivity index (χ1v) is 7.91. The zero-order chi connectivity index (χ0) is 17.6. The zero-order valence-corrected chi connectivity index (χ0v) is 13.8. The number of nitrogen functional groups attached to an aromatic ring is 1. The summed E-state index contributed by atoms with van der Waals surface area (Å²) in [6, 6.07) is 11.2. The maximum Gasteiger partial charge on any atom is 0.320 e. The predicted octanol–water partition coefficient (Wildman–Crippen LogP) is 2.33. The Morgan fingerprint density at radius 2 is 2.08 bits per heavy atom. The van der Waals surface area contributed by atoms with Crippen LogP contribution in [0.1, 0.15) is 18.1 Å². The molecular weight excluding hydrogens is 318 g/mol. The van der Waals surface area contributed by atoms with Crippen molar-refractivity contribution in [3.63, 3.8) is 0 Å². The van der Waals surface area contributed by atoms with E-state index in [2.05, 4.69) is 49.9 Å². The van der Waals surface area contributed by atoms with Gasteiger partial charge in [0.2, 0.25) is 5.95 Å². The van der Waals surface area contributed by atoms with Crippen LogP contribution < -0.4 is 16.4 Å². The van der Waals surface area contributed by atoms with E-state index in [0.29, 0.717) is 23.8 Å². The smallest absolute Gasteiger partial charge is 0.320 e. The highest BCUT2D eigenvalue weighted by molar-refractivity contribution is 5.88. The zero-order valence-electron chi connectivity index (χ0n) is 13.8. The Morgan fingerprint density at radius 1 is 1.24 bits per heavy atom. The second-order valence-electron chi connectivity index (χ2n) is 5.45. The first kappa shape index (κ1) is 16.4. The Hall–Kier alpha value is -3.42. The average Bonchev–Trinajstić information content (AvgIpc) is 3.08. The van der Waals surface area contributed by atoms with Crippen LogP contribution in [0, 0.1) is 0 Å². The number of anilines is 2. The molecule has 8 heteroatoms. The highest BCUT2D eigenvalue weighted by Gasteiger charge is 2.08. The molecule has 128 valence electrons. The summed E-state index contributed by atoms with van der Waals surface area (Å²) in [5.41, 5.74) is 9.09. The lowest BCUT2D eigenvalue weighted by Crippen LogP contribution is -2.28. The maximum absolute atomic E-state index is 12.0. The fourth-order valence-corrected chi connectivity index (χ4v) is 2.34. The molecule has 5 N–H and O–H groups in total. The molecule has 0 aliphatic heterocycles. The van der Waals surface area contributed by atoms with E-state index in [1.165, 1.54) is 5.56 Å². The molecule has 2 aromatic heterocycles. The number of urea groups is 1. The molecule has 0 radical (unpaired) electrons. The summed E-state index contributed by atoms with van der Waals surface area (Å²) < 4.78 is 0. The maximum atomic E-state index is 12.0. The first-order valence-electron chi connectivity index (χ1n) is 7.91. The lowest BCUT2D eigenvalue weighted by molar-refractivity contribution is 0.251. The van der Waals surface area contributed by atoms with Gasteiger partial charge in [-0.05, 0) is 23.6 Å². The summed E-state index contributed by atoms with van der Waals surface area (Å²) in [7, 11) is 0. The number of hydrogen-bond donors (Lipinski definition) is 4. The second-order valence-corrected chi connectivity index (χ2v) is 5.45. The molecule has 0 aliphatic rings. The highest BCUT2D eigenvalue weighted by atomic mass is 16.2. The Labute approximate surface area is 144 Å². The first-order chi connectivity index (χ1) is 12.1. The number of aromatic nitrogens is 4. The number of nitrogens with two attached hydrogens (primary N) is 1. The predicted molar refractivity (Wildman–Crippen MR) is 95.7 cm³/mol. The van der Waals surface area contributed by atoms with E-state index in [1.54, 1.807) is 18.3 Å². The number of benzene rings is 1. The van der Waals surface area contributed by atoms with Crippen LogP contribution in [0.5, 0.6) is 0 Å². The topological polar surface area (TPSA) is 122 Å². The van der Waals surface area contributed by atoms with E-state index < -0.39 is 0 Å². The molecule has 1 aromatic carbocycles. The summed E-state index contributed by atoms with van der Waals surface area (Å²) in [4.78, 5) is 20.0. The van der Waals surface area contributed by atoms with Crippen molar-refractivity contribution in [2.24, 2.45) is 0 Å². The van der Waals surface area contributed by atoms with Crippen molar-refractivity contribution in [3.8, 4) is 11.4 Å². The van der Waals surface area contributed by atoms with Crippen LogP contribution in [0.25, 0.3) is 11.4 Å². The summed E-state index contributed by atoms with van der Waals surface area (Å²) in [5, 5.41) is 12.3. The van der Waals surface area contributed by atoms with Crippen LogP contribution in [0.15, 0.2) is 42.6 Å². The summed E-state index contributed by atoms with van der Waals surface area (Å²) in [6.45, 7) is 2.54. The standard InChI is InChI=1S/C17H19N7O/c1-2-11-4-3-5-12(8-11)10-20-17(25)22-15-9-14(23-24-15)13-6-7-19-16(18)21-13/h3-9H,2,10H2,1H3,(H2,18,19,21)(H3,20,22,23,24,25). The van der Waals surface area contributed by atoms with Gasteiger partial charge in [-0.1, -0.05) is 31.2 Å². The van der Waals surface area contributed by atoms with E-state index in [9.17, 15) is 4.79 Å². The molecule has 8 nitrogen and oxygen atoms in total. The minimum Gasteiger partial charge on any atom is -0.368 e. The molecule has 3 aromatic rings. The SMILES string of the molecule is CCc1cccc(CNC(=O)Nc2cc(-c3ccnc(N)n3)[nH]n2)c1. The van der Waals surface area contributed by atoms with Crippen molar-refractivity contribution in [1.82, 2.24) is 25.5 Å². The van der Waals surface area contributed by atoms with E-state index in [1.807, 2.05) is 12.1 Å². The quantitative estimate of drug-likeness (QED) is 0.569. The number of rotatable bonds is 5. The molecule has 0 spiro atoms. The van der Waals surface area contributed by atoms with Gasteiger partial charge in [0.25, 0.3) is 0 Å². The molecule has 25 heavy (non-hydrogen) atoms. The number of aryl methyl sites for hydroxylation is 1. The third-order valence-electron chi connectivity index (χ3n) is 3.62. The lowest BCUT2D eigenvalue weighted by Gasteiger charge is -2.06. The van der Waals surface area contributed by atoms with Crippen molar-refractivity contribution in [3.05, 3.63) is 53.7 Å². The molecule has 0 saturated heterocycles. The molecule has 0 saturated carbocycles. The van der Waals surface area contributed by atoms with E-state index in [4.69, 9.17) is 5.73 Å². The van der Waals surface area contributed by atoms with Crippen LogP contribution in [0.2, 0.25) is 0 Å². The van der Waals surface area contributed by atoms with Gasteiger partial charge in [-0.2, -0.15) is 5.10 Å². The molecule has 0 unspecified atom stereocenters. The van der Waals surface area contributed by atoms with Gasteiger partial charge in [0, 0.05) is 18.8 Å². The van der Waals surface area contributed by atoms with Gasteiger partial charge >= 0.3 is 6.03 Å². The molecular formula is C17H19N7O. The molecule has 0 atom stereocenters. The monoisotopic (exact) mass is 337 g/mol. The number of nitrogens with one attached hydrogen (secondary N) is 3. The fourth-order valence-electron chi connectivity index (χ4n) is 2.34. The van der Waals surface area contributed by atoms with Crippen LogP contribution >= 0.6 is 0 Å². The van der Waals surface area contributed by atoms with Crippen molar-refractivity contribution >= 4 is 17.8 Å². The fraction of sp³-hybridized carbons (Fsp3) is 0.176. The molecule has 0 fully saturated rings. The van der Waals surface area contributed by atoms with Crippen LogP contribution in [-0.4, -0.2) is 26.2 Å². The van der Waals surface area contributed by atoms with Crippen molar-refractivity contribution in [1.29, 1.82) is 0 Å². The second kappa shape index (κ2) is 7.43. The Kier molecular flexibility index (Phi) is 4.89. The number of amides is 2. The van der Waals surface area contributed by atoms with Crippen molar-refractivity contribution < 1.29 is 4.79 Å². The van der Waals surface area contributed by atoms with Crippen molar-refractivity contribution in [2.75, 3.05) is 11.1 Å². The van der Waals surface area contributed by atoms with Gasteiger partial charge in [0.05, 0.1) is 11.4 Å². The van der Waals surface area contributed by atoms with Crippen molar-refractivity contribution in [2.45, 2.75) is 19.9 Å². The molecule has 3 rings (SSSR count). The molecule has 0 bridgehead atoms. The van der Waals surface area contributed by atoms with Gasteiger partial charge in [-0.15, -0.1) is 0 Å². The van der Waals surface area contributed by atoms with Gasteiger partial charge in [0.1, 0.15) is 0 Å². The van der Waals surface area contributed by atoms with Gasteiger partial charge in [-0.25, -0.2) is 14.8 Å². The number of aromatic amines is 1.